The summed E-state index contributed by atoms with van der Waals surface area (Å²) in [5.41, 5.74) is 1.45. The maximum atomic E-state index is 14.6. The van der Waals surface area contributed by atoms with Crippen LogP contribution in [0.2, 0.25) is 0 Å². The first-order valence-electron chi connectivity index (χ1n) is 11.9. The zero-order valence-corrected chi connectivity index (χ0v) is 21.0. The van der Waals surface area contributed by atoms with E-state index >= 15 is 0 Å². The second-order valence-electron chi connectivity index (χ2n) is 10.4. The molecule has 11 heteroatoms. The predicted octanol–water partition coefficient (Wildman–Crippen LogP) is 4.66. The highest BCUT2D eigenvalue weighted by molar-refractivity contribution is 5.58. The Morgan fingerprint density at radius 1 is 1.06 bits per heavy atom. The maximum Gasteiger partial charge on any atom is 0.229 e. The van der Waals surface area contributed by atoms with E-state index in [9.17, 15) is 4.39 Å². The van der Waals surface area contributed by atoms with Gasteiger partial charge in [0, 0.05) is 22.8 Å². The maximum absolute atomic E-state index is 14.6. The van der Waals surface area contributed by atoms with Crippen molar-refractivity contribution in [2.75, 3.05) is 17.7 Å². The molecule has 0 spiro atoms. The van der Waals surface area contributed by atoms with Crippen molar-refractivity contribution in [2.24, 2.45) is 0 Å². The third kappa shape index (κ3) is 4.66. The highest BCUT2D eigenvalue weighted by Crippen LogP contribution is 2.38. The van der Waals surface area contributed by atoms with E-state index in [0.29, 0.717) is 17.5 Å². The van der Waals surface area contributed by atoms with Crippen molar-refractivity contribution in [3.05, 3.63) is 54.7 Å². The van der Waals surface area contributed by atoms with Crippen molar-refractivity contribution in [3.8, 4) is 17.3 Å². The molecule has 0 amide bonds. The van der Waals surface area contributed by atoms with E-state index in [2.05, 4.69) is 75.8 Å². The number of furan rings is 1. The quantitative estimate of drug-likeness (QED) is 0.398. The standard InChI is InChI=1S/C25H30FN9O/c1-24(2)13-17(14-25(3,4)34(24)5)28-21-19(26)15-27-23(30-21)29-16-8-10-18(11-9-16)35-22(31-32-33-35)20-7-6-12-36-20/h6-12,15,17H,13-14H2,1-5H3,(H2,27,28,29,30). The summed E-state index contributed by atoms with van der Waals surface area (Å²) in [5, 5.41) is 18.3. The summed E-state index contributed by atoms with van der Waals surface area (Å²) < 4.78 is 21.6. The Balaban J connectivity index is 1.31. The second-order valence-corrected chi connectivity index (χ2v) is 10.4. The smallest absolute Gasteiger partial charge is 0.229 e. The number of tetrazole rings is 1. The topological polar surface area (TPSA) is 110 Å². The summed E-state index contributed by atoms with van der Waals surface area (Å²) in [5.74, 6) is 1.09. The van der Waals surface area contributed by atoms with E-state index < -0.39 is 5.82 Å². The fourth-order valence-corrected chi connectivity index (χ4v) is 4.93. The number of nitrogens with one attached hydrogen (secondary N) is 2. The SMILES string of the molecule is CN1C(C)(C)CC(Nc2nc(Nc3ccc(-n4nnnc4-c4ccco4)cc3)ncc2F)CC1(C)C. The number of piperidine rings is 1. The first kappa shape index (κ1) is 23.9. The largest absolute Gasteiger partial charge is 0.461 e. The minimum Gasteiger partial charge on any atom is -0.461 e. The van der Waals surface area contributed by atoms with Crippen LogP contribution in [0, 0.1) is 5.82 Å². The molecule has 0 radical (unpaired) electrons. The molecule has 0 saturated carbocycles. The Labute approximate surface area is 208 Å². The number of hydrogen-bond acceptors (Lipinski definition) is 9. The Morgan fingerprint density at radius 2 is 1.78 bits per heavy atom. The highest BCUT2D eigenvalue weighted by Gasteiger charge is 2.43. The molecule has 3 aromatic heterocycles. The first-order chi connectivity index (χ1) is 17.1. The molecule has 5 rings (SSSR count). The van der Waals surface area contributed by atoms with Crippen molar-refractivity contribution in [1.29, 1.82) is 0 Å². The lowest BCUT2D eigenvalue weighted by molar-refractivity contribution is -0.00778. The van der Waals surface area contributed by atoms with Crippen LogP contribution in [0.3, 0.4) is 0 Å². The Morgan fingerprint density at radius 3 is 2.44 bits per heavy atom. The van der Waals surface area contributed by atoms with Gasteiger partial charge < -0.3 is 15.1 Å². The van der Waals surface area contributed by atoms with Gasteiger partial charge in [0.1, 0.15) is 0 Å². The van der Waals surface area contributed by atoms with Gasteiger partial charge in [0.05, 0.1) is 18.1 Å². The number of nitrogens with zero attached hydrogens (tertiary/aromatic N) is 7. The number of aromatic nitrogens is 6. The molecule has 1 saturated heterocycles. The van der Waals surface area contributed by atoms with Crippen LogP contribution in [0.15, 0.2) is 53.3 Å². The van der Waals surface area contributed by atoms with Crippen LogP contribution >= 0.6 is 0 Å². The molecule has 0 bridgehead atoms. The number of benzene rings is 1. The molecule has 2 N–H and O–H groups in total. The molecule has 188 valence electrons. The molecule has 1 fully saturated rings. The highest BCUT2D eigenvalue weighted by atomic mass is 19.1. The lowest BCUT2D eigenvalue weighted by atomic mass is 9.77. The van der Waals surface area contributed by atoms with Crippen molar-refractivity contribution in [2.45, 2.75) is 57.7 Å². The molecule has 0 aliphatic carbocycles. The fraction of sp³-hybridized carbons (Fsp3) is 0.400. The summed E-state index contributed by atoms with van der Waals surface area (Å²) in [4.78, 5) is 10.9. The Bertz CT molecular complexity index is 1310. The molecule has 1 aliphatic heterocycles. The van der Waals surface area contributed by atoms with Crippen LogP contribution < -0.4 is 10.6 Å². The molecule has 4 heterocycles. The average Bonchev–Trinajstić information content (AvgIpc) is 3.52. The van der Waals surface area contributed by atoms with Crippen LogP contribution in [-0.4, -0.2) is 59.2 Å². The van der Waals surface area contributed by atoms with Crippen molar-refractivity contribution < 1.29 is 8.81 Å². The predicted molar refractivity (Wildman–Crippen MR) is 135 cm³/mol. The molecular formula is C25H30FN9O. The molecule has 10 nitrogen and oxygen atoms in total. The molecule has 36 heavy (non-hydrogen) atoms. The van der Waals surface area contributed by atoms with Crippen molar-refractivity contribution >= 4 is 17.5 Å². The molecule has 0 atom stereocenters. The number of likely N-dealkylation sites (tertiary alicyclic amines) is 1. The summed E-state index contributed by atoms with van der Waals surface area (Å²) in [6.45, 7) is 8.84. The second kappa shape index (κ2) is 8.98. The average molecular weight is 492 g/mol. The van der Waals surface area contributed by atoms with Gasteiger partial charge in [-0.3, -0.25) is 4.90 Å². The molecule has 1 aromatic carbocycles. The van der Waals surface area contributed by atoms with Gasteiger partial charge in [0.15, 0.2) is 17.4 Å². The molecule has 0 unspecified atom stereocenters. The van der Waals surface area contributed by atoms with Gasteiger partial charge in [-0.05, 0) is 94.4 Å². The van der Waals surface area contributed by atoms with Crippen LogP contribution in [0.4, 0.5) is 21.8 Å². The van der Waals surface area contributed by atoms with Gasteiger partial charge in [-0.2, -0.15) is 9.67 Å². The Hall–Kier alpha value is -3.86. The van der Waals surface area contributed by atoms with E-state index in [1.165, 1.54) is 6.20 Å². The van der Waals surface area contributed by atoms with Crippen LogP contribution in [0.5, 0.6) is 0 Å². The molecule has 1 aliphatic rings. The van der Waals surface area contributed by atoms with Crippen molar-refractivity contribution in [1.82, 2.24) is 35.1 Å². The number of anilines is 3. The van der Waals surface area contributed by atoms with Crippen LogP contribution in [-0.2, 0) is 0 Å². The Kier molecular flexibility index (Phi) is 5.95. The summed E-state index contributed by atoms with van der Waals surface area (Å²) >= 11 is 0. The lowest BCUT2D eigenvalue weighted by Crippen LogP contribution is -2.61. The third-order valence-electron chi connectivity index (χ3n) is 6.97. The lowest BCUT2D eigenvalue weighted by Gasteiger charge is -2.53. The minimum absolute atomic E-state index is 0.0256. The van der Waals surface area contributed by atoms with Gasteiger partial charge >= 0.3 is 0 Å². The summed E-state index contributed by atoms with van der Waals surface area (Å²) in [6, 6.07) is 11.1. The fourth-order valence-electron chi connectivity index (χ4n) is 4.93. The zero-order chi connectivity index (χ0) is 25.5. The number of halogens is 1. The zero-order valence-electron chi connectivity index (χ0n) is 21.0. The summed E-state index contributed by atoms with van der Waals surface area (Å²) in [6.07, 6.45) is 4.51. The molecule has 4 aromatic rings. The van der Waals surface area contributed by atoms with Gasteiger partial charge in [-0.25, -0.2) is 9.37 Å². The minimum atomic E-state index is -0.477. The first-order valence-corrected chi connectivity index (χ1v) is 11.9. The van der Waals surface area contributed by atoms with Crippen molar-refractivity contribution in [3.63, 3.8) is 0 Å². The van der Waals surface area contributed by atoms with E-state index in [1.54, 1.807) is 23.1 Å². The monoisotopic (exact) mass is 491 g/mol. The van der Waals surface area contributed by atoms with Crippen LogP contribution in [0.25, 0.3) is 17.3 Å². The van der Waals surface area contributed by atoms with Gasteiger partial charge in [-0.1, -0.05) is 0 Å². The third-order valence-corrected chi connectivity index (χ3v) is 6.97. The number of hydrogen-bond donors (Lipinski definition) is 2. The van der Waals surface area contributed by atoms with E-state index in [0.717, 1.165) is 24.2 Å². The van der Waals surface area contributed by atoms with E-state index in [-0.39, 0.29) is 22.9 Å². The van der Waals surface area contributed by atoms with Gasteiger partial charge in [0.25, 0.3) is 0 Å². The molecular weight excluding hydrogens is 461 g/mol. The van der Waals surface area contributed by atoms with E-state index in [4.69, 9.17) is 4.42 Å². The van der Waals surface area contributed by atoms with Gasteiger partial charge in [-0.15, -0.1) is 5.10 Å². The van der Waals surface area contributed by atoms with Crippen LogP contribution in [0.1, 0.15) is 40.5 Å². The van der Waals surface area contributed by atoms with E-state index in [1.807, 2.05) is 24.3 Å². The summed E-state index contributed by atoms with van der Waals surface area (Å²) in [7, 11) is 2.14. The number of rotatable bonds is 6. The van der Waals surface area contributed by atoms with Gasteiger partial charge in [0.2, 0.25) is 11.8 Å². The normalized spacial score (nSPS) is 17.7.